The molecule has 7 nitrogen and oxygen atoms in total. The van der Waals surface area contributed by atoms with Gasteiger partial charge >= 0.3 is 5.69 Å². The number of nitrogens with zero attached hydrogens (tertiary/aromatic N) is 2. The van der Waals surface area contributed by atoms with E-state index in [0.717, 1.165) is 0 Å². The predicted molar refractivity (Wildman–Crippen MR) is 89.7 cm³/mol. The van der Waals surface area contributed by atoms with Gasteiger partial charge in [0.15, 0.2) is 6.17 Å². The van der Waals surface area contributed by atoms with Gasteiger partial charge in [-0.1, -0.05) is 0 Å². The molecule has 148 valence electrons. The van der Waals surface area contributed by atoms with E-state index in [1.165, 1.54) is 16.4 Å². The second-order valence-corrected chi connectivity index (χ2v) is 7.57. The van der Waals surface area contributed by atoms with E-state index in [4.69, 9.17) is 0 Å². The smallest absolute Gasteiger partial charge is 0.329 e. The van der Waals surface area contributed by atoms with Crippen LogP contribution in [-0.4, -0.2) is 62.5 Å². The molecule has 4 rings (SSSR count). The highest BCUT2D eigenvalue weighted by Gasteiger charge is 2.52. The third kappa shape index (κ3) is 2.65. The average Bonchev–Trinajstić information content (AvgIpc) is 3.36. The van der Waals surface area contributed by atoms with E-state index >= 15 is 4.39 Å². The number of aromatic nitrogens is 2. The SMILES string of the molecule is CC1=c2c(c(=O)[nH]c(=O)n2C2CC2)=C(O)C(F)C1N1CC(CO)C(F)(F)C1. The number of alkyl halides is 3. The lowest BCUT2D eigenvalue weighted by Crippen LogP contribution is -2.61. The summed E-state index contributed by atoms with van der Waals surface area (Å²) in [6.45, 7) is -0.291. The number of hydrogen-bond acceptors (Lipinski definition) is 5. The molecule has 2 heterocycles. The Hall–Kier alpha value is -2.07. The van der Waals surface area contributed by atoms with Crippen LogP contribution in [0, 0.1) is 5.92 Å². The predicted octanol–water partition coefficient (Wildman–Crippen LogP) is -1.01. The molecular formula is C17H20F3N3O4. The molecule has 1 saturated heterocycles. The van der Waals surface area contributed by atoms with Crippen LogP contribution in [0.4, 0.5) is 13.2 Å². The highest BCUT2D eigenvalue weighted by Crippen LogP contribution is 2.37. The molecule has 1 aromatic heterocycles. The van der Waals surface area contributed by atoms with Crippen LogP contribution in [0.5, 0.6) is 0 Å². The topological polar surface area (TPSA) is 98.6 Å². The number of aliphatic hydroxyl groups is 2. The first-order valence-corrected chi connectivity index (χ1v) is 8.83. The van der Waals surface area contributed by atoms with Gasteiger partial charge in [0, 0.05) is 12.6 Å². The number of likely N-dealkylation sites (tertiary alicyclic amines) is 1. The molecule has 0 aromatic carbocycles. The first kappa shape index (κ1) is 18.3. The van der Waals surface area contributed by atoms with Crippen molar-refractivity contribution in [3.8, 4) is 0 Å². The van der Waals surface area contributed by atoms with Crippen molar-refractivity contribution in [1.29, 1.82) is 0 Å². The van der Waals surface area contributed by atoms with Crippen molar-refractivity contribution in [2.24, 2.45) is 5.92 Å². The van der Waals surface area contributed by atoms with E-state index < -0.39 is 54.2 Å². The monoisotopic (exact) mass is 387 g/mol. The first-order chi connectivity index (χ1) is 12.7. The van der Waals surface area contributed by atoms with E-state index in [1.54, 1.807) is 0 Å². The number of H-pyrrole nitrogens is 1. The second-order valence-electron chi connectivity index (χ2n) is 7.57. The molecule has 1 aliphatic heterocycles. The number of nitrogens with one attached hydrogen (secondary N) is 1. The van der Waals surface area contributed by atoms with Crippen LogP contribution in [-0.2, 0) is 0 Å². The van der Waals surface area contributed by atoms with Gasteiger partial charge in [0.1, 0.15) is 11.0 Å². The zero-order valence-corrected chi connectivity index (χ0v) is 14.6. The highest BCUT2D eigenvalue weighted by molar-refractivity contribution is 5.60. The van der Waals surface area contributed by atoms with Gasteiger partial charge in [0.25, 0.3) is 11.5 Å². The lowest BCUT2D eigenvalue weighted by Gasteiger charge is -2.33. The van der Waals surface area contributed by atoms with Crippen molar-refractivity contribution in [1.82, 2.24) is 14.5 Å². The maximum Gasteiger partial charge on any atom is 0.329 e. The van der Waals surface area contributed by atoms with Crippen LogP contribution in [0.3, 0.4) is 0 Å². The van der Waals surface area contributed by atoms with E-state index in [1.807, 2.05) is 0 Å². The summed E-state index contributed by atoms with van der Waals surface area (Å²) < 4.78 is 44.5. The molecule has 0 spiro atoms. The summed E-state index contributed by atoms with van der Waals surface area (Å²) in [5.41, 5.74) is -1.31. The summed E-state index contributed by atoms with van der Waals surface area (Å²) in [6, 6.07) is -1.42. The van der Waals surface area contributed by atoms with Crippen LogP contribution in [0.25, 0.3) is 11.3 Å². The Morgan fingerprint density at radius 1 is 1.30 bits per heavy atom. The van der Waals surface area contributed by atoms with Gasteiger partial charge < -0.3 is 10.2 Å². The van der Waals surface area contributed by atoms with Crippen molar-refractivity contribution in [2.75, 3.05) is 19.7 Å². The van der Waals surface area contributed by atoms with Crippen LogP contribution in [0.2, 0.25) is 0 Å². The van der Waals surface area contributed by atoms with Gasteiger partial charge in [0.05, 0.1) is 30.5 Å². The Bertz CT molecular complexity index is 1030. The highest BCUT2D eigenvalue weighted by atomic mass is 19.3. The fraction of sp³-hybridized carbons (Fsp3) is 0.647. The number of fused-ring (bicyclic) bond motifs is 1. The van der Waals surface area contributed by atoms with Gasteiger partial charge in [0.2, 0.25) is 0 Å². The van der Waals surface area contributed by atoms with E-state index in [-0.39, 0.29) is 28.7 Å². The third-order valence-electron chi connectivity index (χ3n) is 5.75. The molecular weight excluding hydrogens is 367 g/mol. The van der Waals surface area contributed by atoms with Crippen molar-refractivity contribution >= 4 is 11.3 Å². The normalized spacial score (nSPS) is 30.6. The molecule has 2 fully saturated rings. The number of aromatic amines is 1. The summed E-state index contributed by atoms with van der Waals surface area (Å²) in [6.07, 6.45) is -0.688. The summed E-state index contributed by atoms with van der Waals surface area (Å²) in [4.78, 5) is 27.8. The molecule has 1 aromatic rings. The van der Waals surface area contributed by atoms with Gasteiger partial charge in [-0.05, 0) is 25.3 Å². The van der Waals surface area contributed by atoms with Crippen LogP contribution < -0.4 is 21.8 Å². The van der Waals surface area contributed by atoms with Crippen molar-refractivity contribution in [3.63, 3.8) is 0 Å². The Labute approximate surface area is 151 Å². The minimum Gasteiger partial charge on any atom is -0.508 e. The molecule has 3 unspecified atom stereocenters. The second kappa shape index (κ2) is 5.96. The quantitative estimate of drug-likeness (QED) is 0.617. The molecule has 3 N–H and O–H groups in total. The number of rotatable bonds is 3. The molecule has 3 atom stereocenters. The van der Waals surface area contributed by atoms with Gasteiger partial charge in [-0.2, -0.15) is 0 Å². The lowest BCUT2D eigenvalue weighted by molar-refractivity contribution is -0.0444. The fourth-order valence-electron chi connectivity index (χ4n) is 4.25. The average molecular weight is 387 g/mol. The summed E-state index contributed by atoms with van der Waals surface area (Å²) in [5.74, 6) is -5.40. The van der Waals surface area contributed by atoms with Crippen LogP contribution in [0.15, 0.2) is 9.59 Å². The Kier molecular flexibility index (Phi) is 4.04. The van der Waals surface area contributed by atoms with Crippen molar-refractivity contribution in [3.05, 3.63) is 31.4 Å². The number of aliphatic hydroxyl groups excluding tert-OH is 2. The van der Waals surface area contributed by atoms with E-state index in [9.17, 15) is 28.6 Å². The standard InChI is InChI=1S/C17H20F3N3O4/c1-7-12-10(15(26)21-16(27)23(12)9-2-3-9)14(25)11(18)13(7)22-4-8(5-24)17(19,20)6-22/h8-9,11,13,24-25H,2-6H2,1H3,(H,21,26,27). The number of halogens is 3. The van der Waals surface area contributed by atoms with Crippen LogP contribution in [0.1, 0.15) is 25.8 Å². The molecule has 2 aliphatic carbocycles. The molecule has 10 heteroatoms. The molecule has 0 bridgehead atoms. The largest absolute Gasteiger partial charge is 0.508 e. The van der Waals surface area contributed by atoms with Gasteiger partial charge in [-0.15, -0.1) is 0 Å². The Morgan fingerprint density at radius 2 is 1.96 bits per heavy atom. The minimum absolute atomic E-state index is 0.110. The number of hydrogen-bond donors (Lipinski definition) is 3. The Morgan fingerprint density at radius 3 is 2.52 bits per heavy atom. The maximum absolute atomic E-state index is 15.0. The zero-order chi connectivity index (χ0) is 19.7. The summed E-state index contributed by atoms with van der Waals surface area (Å²) in [7, 11) is 0. The molecule has 0 amide bonds. The van der Waals surface area contributed by atoms with E-state index in [0.29, 0.717) is 12.8 Å². The third-order valence-corrected chi connectivity index (χ3v) is 5.75. The molecule has 3 aliphatic rings. The first-order valence-electron chi connectivity index (χ1n) is 8.83. The molecule has 0 radical (unpaired) electrons. The molecule has 27 heavy (non-hydrogen) atoms. The molecule has 1 saturated carbocycles. The summed E-state index contributed by atoms with van der Waals surface area (Å²) >= 11 is 0. The lowest BCUT2D eigenvalue weighted by atomic mass is 9.94. The summed E-state index contributed by atoms with van der Waals surface area (Å²) in [5, 5.41) is 19.4. The van der Waals surface area contributed by atoms with E-state index in [2.05, 4.69) is 4.98 Å². The minimum atomic E-state index is -3.20. The van der Waals surface area contributed by atoms with Crippen molar-refractivity contribution < 1.29 is 23.4 Å². The van der Waals surface area contributed by atoms with Crippen molar-refractivity contribution in [2.45, 2.75) is 43.9 Å². The Balaban J connectivity index is 1.95. The van der Waals surface area contributed by atoms with Gasteiger partial charge in [-0.3, -0.25) is 19.2 Å². The fourth-order valence-corrected chi connectivity index (χ4v) is 4.25. The van der Waals surface area contributed by atoms with Crippen LogP contribution >= 0.6 is 0 Å². The maximum atomic E-state index is 15.0. The zero-order valence-electron chi connectivity index (χ0n) is 14.6. The van der Waals surface area contributed by atoms with Gasteiger partial charge in [-0.25, -0.2) is 18.0 Å².